The molecular formula is C14H18ClN3O. The maximum absolute atomic E-state index is 11.9. The van der Waals surface area contributed by atoms with Gasteiger partial charge in [-0.2, -0.15) is 0 Å². The van der Waals surface area contributed by atoms with Crippen molar-refractivity contribution in [1.29, 1.82) is 0 Å². The maximum atomic E-state index is 11.9. The van der Waals surface area contributed by atoms with Gasteiger partial charge in [0.25, 0.3) is 0 Å². The van der Waals surface area contributed by atoms with E-state index in [-0.39, 0.29) is 5.69 Å². The standard InChI is InChI=1S/C14H18ClN3O/c1-2-8-17-10-11-18(14(17)19)9-7-16-13-6-4-3-5-12(13)15/h3-6,10-11,16H,2,7-9H2,1H3. The van der Waals surface area contributed by atoms with Gasteiger partial charge in [0.2, 0.25) is 0 Å². The fraction of sp³-hybridized carbons (Fsp3) is 0.357. The Hall–Kier alpha value is -1.68. The second-order valence-electron chi connectivity index (χ2n) is 4.37. The van der Waals surface area contributed by atoms with Crippen LogP contribution in [0.5, 0.6) is 0 Å². The van der Waals surface area contributed by atoms with E-state index in [0.29, 0.717) is 18.1 Å². The van der Waals surface area contributed by atoms with Gasteiger partial charge in [-0.3, -0.25) is 9.13 Å². The number of imidazole rings is 1. The molecule has 0 atom stereocenters. The molecule has 19 heavy (non-hydrogen) atoms. The largest absolute Gasteiger partial charge is 0.382 e. The van der Waals surface area contributed by atoms with E-state index in [0.717, 1.165) is 18.7 Å². The van der Waals surface area contributed by atoms with Gasteiger partial charge in [0, 0.05) is 32.0 Å². The van der Waals surface area contributed by atoms with Crippen molar-refractivity contribution in [3.8, 4) is 0 Å². The number of hydrogen-bond donors (Lipinski definition) is 1. The van der Waals surface area contributed by atoms with Crippen molar-refractivity contribution in [3.63, 3.8) is 0 Å². The van der Waals surface area contributed by atoms with Gasteiger partial charge in [-0.1, -0.05) is 30.7 Å². The van der Waals surface area contributed by atoms with Gasteiger partial charge < -0.3 is 5.32 Å². The Balaban J connectivity index is 1.93. The third kappa shape index (κ3) is 3.41. The lowest BCUT2D eigenvalue weighted by atomic mass is 10.3. The minimum atomic E-state index is 0.0443. The van der Waals surface area contributed by atoms with Crippen LogP contribution in [0.3, 0.4) is 0 Å². The number of rotatable bonds is 6. The zero-order valence-electron chi connectivity index (χ0n) is 11.0. The SMILES string of the molecule is CCCn1ccn(CCNc2ccccc2Cl)c1=O. The molecule has 1 heterocycles. The molecule has 5 heteroatoms. The van der Waals surface area contributed by atoms with Crippen LogP contribution in [-0.2, 0) is 13.1 Å². The minimum Gasteiger partial charge on any atom is -0.382 e. The number of para-hydroxylation sites is 1. The molecule has 0 unspecified atom stereocenters. The molecule has 1 aromatic carbocycles. The number of hydrogen-bond acceptors (Lipinski definition) is 2. The van der Waals surface area contributed by atoms with Crippen molar-refractivity contribution in [3.05, 3.63) is 52.2 Å². The van der Waals surface area contributed by atoms with Crippen LogP contribution in [-0.4, -0.2) is 15.7 Å². The molecule has 0 saturated carbocycles. The molecule has 0 aliphatic carbocycles. The Labute approximate surface area is 117 Å². The second kappa shape index (κ2) is 6.48. The summed E-state index contributed by atoms with van der Waals surface area (Å²) in [7, 11) is 0. The number of aryl methyl sites for hydroxylation is 1. The molecule has 0 bridgehead atoms. The molecule has 2 rings (SSSR count). The summed E-state index contributed by atoms with van der Waals surface area (Å²) in [5.41, 5.74) is 0.938. The number of nitrogens with one attached hydrogen (secondary N) is 1. The average Bonchev–Trinajstić information content (AvgIpc) is 2.74. The highest BCUT2D eigenvalue weighted by molar-refractivity contribution is 6.33. The van der Waals surface area contributed by atoms with E-state index in [1.54, 1.807) is 9.13 Å². The first-order valence-electron chi connectivity index (χ1n) is 6.46. The van der Waals surface area contributed by atoms with Gasteiger partial charge in [0.15, 0.2) is 0 Å². The highest BCUT2D eigenvalue weighted by Gasteiger charge is 2.02. The Kier molecular flexibility index (Phi) is 4.68. The summed E-state index contributed by atoms with van der Waals surface area (Å²) in [6.07, 6.45) is 4.62. The van der Waals surface area contributed by atoms with Crippen LogP contribution in [0, 0.1) is 0 Å². The minimum absolute atomic E-state index is 0.0443. The van der Waals surface area contributed by atoms with Crippen molar-refractivity contribution in [2.75, 3.05) is 11.9 Å². The molecule has 0 aliphatic heterocycles. The summed E-state index contributed by atoms with van der Waals surface area (Å²) in [5.74, 6) is 0. The third-order valence-corrected chi connectivity index (χ3v) is 3.25. The van der Waals surface area contributed by atoms with E-state index in [1.165, 1.54) is 0 Å². The monoisotopic (exact) mass is 279 g/mol. The Morgan fingerprint density at radius 2 is 1.84 bits per heavy atom. The zero-order chi connectivity index (χ0) is 13.7. The highest BCUT2D eigenvalue weighted by atomic mass is 35.5. The molecule has 1 N–H and O–H groups in total. The first-order valence-corrected chi connectivity index (χ1v) is 6.84. The average molecular weight is 280 g/mol. The molecule has 0 amide bonds. The molecular weight excluding hydrogens is 262 g/mol. The molecule has 0 fully saturated rings. The second-order valence-corrected chi connectivity index (χ2v) is 4.78. The van der Waals surface area contributed by atoms with Crippen molar-refractivity contribution >= 4 is 17.3 Å². The molecule has 0 spiro atoms. The van der Waals surface area contributed by atoms with Crippen molar-refractivity contribution in [1.82, 2.24) is 9.13 Å². The lowest BCUT2D eigenvalue weighted by Crippen LogP contribution is -2.26. The summed E-state index contributed by atoms with van der Waals surface area (Å²) in [6, 6.07) is 7.59. The number of anilines is 1. The van der Waals surface area contributed by atoms with Crippen LogP contribution < -0.4 is 11.0 Å². The quantitative estimate of drug-likeness (QED) is 0.883. The maximum Gasteiger partial charge on any atom is 0.328 e. The smallest absolute Gasteiger partial charge is 0.328 e. The molecule has 4 nitrogen and oxygen atoms in total. The Bertz CT molecular complexity index is 588. The van der Waals surface area contributed by atoms with Gasteiger partial charge in [-0.05, 0) is 18.6 Å². The van der Waals surface area contributed by atoms with E-state index < -0.39 is 0 Å². The van der Waals surface area contributed by atoms with E-state index >= 15 is 0 Å². The van der Waals surface area contributed by atoms with Crippen LogP contribution in [0.2, 0.25) is 5.02 Å². The van der Waals surface area contributed by atoms with Crippen LogP contribution in [0.25, 0.3) is 0 Å². The van der Waals surface area contributed by atoms with E-state index in [1.807, 2.05) is 36.7 Å². The number of nitrogens with zero attached hydrogens (tertiary/aromatic N) is 2. The Morgan fingerprint density at radius 3 is 2.53 bits per heavy atom. The summed E-state index contributed by atoms with van der Waals surface area (Å²) >= 11 is 6.05. The summed E-state index contributed by atoms with van der Waals surface area (Å²) in [4.78, 5) is 11.9. The topological polar surface area (TPSA) is 39.0 Å². The van der Waals surface area contributed by atoms with Gasteiger partial charge >= 0.3 is 5.69 Å². The van der Waals surface area contributed by atoms with Crippen LogP contribution in [0.4, 0.5) is 5.69 Å². The van der Waals surface area contributed by atoms with E-state index in [9.17, 15) is 4.79 Å². The fourth-order valence-electron chi connectivity index (χ4n) is 1.95. The van der Waals surface area contributed by atoms with Gasteiger partial charge in [0.1, 0.15) is 0 Å². The van der Waals surface area contributed by atoms with Crippen LogP contribution in [0.1, 0.15) is 13.3 Å². The Morgan fingerprint density at radius 1 is 1.16 bits per heavy atom. The van der Waals surface area contributed by atoms with E-state index in [4.69, 9.17) is 11.6 Å². The lowest BCUT2D eigenvalue weighted by molar-refractivity contribution is 0.610. The zero-order valence-corrected chi connectivity index (χ0v) is 11.7. The first kappa shape index (κ1) is 13.7. The van der Waals surface area contributed by atoms with Crippen LogP contribution >= 0.6 is 11.6 Å². The summed E-state index contributed by atoms with van der Waals surface area (Å²) < 4.78 is 3.44. The van der Waals surface area contributed by atoms with Crippen molar-refractivity contribution in [2.45, 2.75) is 26.4 Å². The van der Waals surface area contributed by atoms with E-state index in [2.05, 4.69) is 12.2 Å². The predicted molar refractivity (Wildman–Crippen MR) is 78.9 cm³/mol. The van der Waals surface area contributed by atoms with Gasteiger partial charge in [0.05, 0.1) is 10.7 Å². The first-order chi connectivity index (χ1) is 9.22. The van der Waals surface area contributed by atoms with Crippen molar-refractivity contribution in [2.24, 2.45) is 0 Å². The van der Waals surface area contributed by atoms with Gasteiger partial charge in [-0.25, -0.2) is 4.79 Å². The lowest BCUT2D eigenvalue weighted by Gasteiger charge is -2.08. The molecule has 1 aromatic heterocycles. The number of halogens is 1. The van der Waals surface area contributed by atoms with Gasteiger partial charge in [-0.15, -0.1) is 0 Å². The summed E-state index contributed by atoms with van der Waals surface area (Å²) in [6.45, 7) is 4.12. The number of benzene rings is 1. The highest BCUT2D eigenvalue weighted by Crippen LogP contribution is 2.19. The van der Waals surface area contributed by atoms with Crippen LogP contribution in [0.15, 0.2) is 41.5 Å². The van der Waals surface area contributed by atoms with Crippen molar-refractivity contribution < 1.29 is 0 Å². The molecule has 102 valence electrons. The summed E-state index contributed by atoms with van der Waals surface area (Å²) in [5, 5.41) is 3.92. The molecule has 0 radical (unpaired) electrons. The molecule has 2 aromatic rings. The predicted octanol–water partition coefficient (Wildman–Crippen LogP) is 2.83. The third-order valence-electron chi connectivity index (χ3n) is 2.92. The molecule has 0 saturated heterocycles. The fourth-order valence-corrected chi connectivity index (χ4v) is 2.15. The number of aromatic nitrogens is 2. The normalized spacial score (nSPS) is 10.6. The molecule has 0 aliphatic rings.